The molecule has 18 heavy (non-hydrogen) atoms. The van der Waals surface area contributed by atoms with Gasteiger partial charge < -0.3 is 10.2 Å². The van der Waals surface area contributed by atoms with Gasteiger partial charge in [-0.3, -0.25) is 14.9 Å². The van der Waals surface area contributed by atoms with Crippen molar-refractivity contribution in [1.29, 1.82) is 0 Å². The zero-order valence-electron chi connectivity index (χ0n) is 9.46. The van der Waals surface area contributed by atoms with Crippen molar-refractivity contribution in [2.45, 2.75) is 0 Å². The number of hydrogen-bond donors (Lipinski definition) is 2. The summed E-state index contributed by atoms with van der Waals surface area (Å²) in [7, 11) is 1.67. The number of amides is 2. The third-order valence-corrected chi connectivity index (χ3v) is 2.96. The zero-order valence-corrected chi connectivity index (χ0v) is 11.0. The van der Waals surface area contributed by atoms with Crippen molar-refractivity contribution in [1.82, 2.24) is 10.3 Å². The van der Waals surface area contributed by atoms with Crippen LogP contribution >= 0.6 is 23.2 Å². The molecule has 6 nitrogen and oxygen atoms in total. The summed E-state index contributed by atoms with van der Waals surface area (Å²) in [6.07, 6.45) is 0. The number of halogens is 2. The molecule has 0 unspecified atom stereocenters. The normalized spacial score (nSPS) is 15.6. The monoisotopic (exact) mass is 288 g/mol. The third kappa shape index (κ3) is 2.49. The first kappa shape index (κ1) is 12.9. The number of rotatable bonds is 2. The lowest BCUT2D eigenvalue weighted by molar-refractivity contribution is -0.130. The maximum absolute atomic E-state index is 11.3. The molecule has 1 aliphatic heterocycles. The van der Waals surface area contributed by atoms with E-state index in [9.17, 15) is 9.59 Å². The lowest BCUT2D eigenvalue weighted by atomic mass is 10.3. The Morgan fingerprint density at radius 2 is 1.89 bits per heavy atom. The molecule has 1 saturated heterocycles. The molecule has 96 valence electrons. The Balaban J connectivity index is 2.38. The van der Waals surface area contributed by atoms with Gasteiger partial charge in [0.15, 0.2) is 5.82 Å². The molecule has 0 bridgehead atoms. The molecule has 1 aromatic heterocycles. The van der Waals surface area contributed by atoms with E-state index >= 15 is 0 Å². The van der Waals surface area contributed by atoms with E-state index in [1.165, 1.54) is 11.0 Å². The van der Waals surface area contributed by atoms with Crippen molar-refractivity contribution in [3.63, 3.8) is 0 Å². The molecule has 2 rings (SSSR count). The van der Waals surface area contributed by atoms with E-state index in [1.54, 1.807) is 7.05 Å². The summed E-state index contributed by atoms with van der Waals surface area (Å²) in [4.78, 5) is 28.3. The molecule has 0 radical (unpaired) electrons. The molecule has 8 heteroatoms. The maximum Gasteiger partial charge on any atom is 0.246 e. The number of anilines is 2. The minimum atomic E-state index is -0.384. The predicted octanol–water partition coefficient (Wildman–Crippen LogP) is 0.893. The molecule has 0 spiro atoms. The van der Waals surface area contributed by atoms with Gasteiger partial charge in [0.05, 0.1) is 23.1 Å². The van der Waals surface area contributed by atoms with Crippen LogP contribution in [0.2, 0.25) is 10.0 Å². The molecule has 1 aromatic rings. The fraction of sp³-hybridized carbons (Fsp3) is 0.300. The summed E-state index contributed by atoms with van der Waals surface area (Å²) < 4.78 is 0. The van der Waals surface area contributed by atoms with Crippen molar-refractivity contribution in [2.24, 2.45) is 0 Å². The molecule has 2 amide bonds. The van der Waals surface area contributed by atoms with Gasteiger partial charge in [-0.2, -0.15) is 0 Å². The van der Waals surface area contributed by atoms with Gasteiger partial charge in [0, 0.05) is 7.05 Å². The number of carbonyl (C=O) groups is 2. The van der Waals surface area contributed by atoms with Crippen LogP contribution in [0, 0.1) is 0 Å². The van der Waals surface area contributed by atoms with E-state index in [0.717, 1.165) is 0 Å². The molecule has 1 aliphatic rings. The minimum absolute atomic E-state index is 0.0310. The number of piperazine rings is 1. The average molecular weight is 289 g/mol. The van der Waals surface area contributed by atoms with Crippen LogP contribution < -0.4 is 15.5 Å². The van der Waals surface area contributed by atoms with Crippen LogP contribution in [-0.2, 0) is 9.59 Å². The van der Waals surface area contributed by atoms with Gasteiger partial charge in [-0.05, 0) is 6.07 Å². The quantitative estimate of drug-likeness (QED) is 0.791. The SMILES string of the molecule is CNc1nc(N2CC(=O)NC(=O)C2)c(Cl)cc1Cl. The molecule has 0 atom stereocenters. The van der Waals surface area contributed by atoms with Gasteiger partial charge in [-0.1, -0.05) is 23.2 Å². The Morgan fingerprint density at radius 1 is 1.28 bits per heavy atom. The number of hydrogen-bond acceptors (Lipinski definition) is 5. The molecule has 2 heterocycles. The first-order valence-electron chi connectivity index (χ1n) is 5.12. The average Bonchev–Trinajstić information content (AvgIpc) is 2.27. The lowest BCUT2D eigenvalue weighted by Gasteiger charge is -2.27. The third-order valence-electron chi connectivity index (χ3n) is 2.40. The molecule has 2 N–H and O–H groups in total. The Hall–Kier alpha value is -1.53. The fourth-order valence-electron chi connectivity index (χ4n) is 1.64. The number of aromatic nitrogens is 1. The lowest BCUT2D eigenvalue weighted by Crippen LogP contribution is -2.51. The van der Waals surface area contributed by atoms with Gasteiger partial charge in [0.1, 0.15) is 5.82 Å². The predicted molar refractivity (Wildman–Crippen MR) is 69.2 cm³/mol. The first-order valence-corrected chi connectivity index (χ1v) is 5.88. The summed E-state index contributed by atoms with van der Waals surface area (Å²) in [5, 5.41) is 5.68. The second kappa shape index (κ2) is 4.99. The zero-order chi connectivity index (χ0) is 13.3. The van der Waals surface area contributed by atoms with Gasteiger partial charge in [-0.25, -0.2) is 4.98 Å². The maximum atomic E-state index is 11.3. The van der Waals surface area contributed by atoms with Crippen molar-refractivity contribution in [3.05, 3.63) is 16.1 Å². The van der Waals surface area contributed by atoms with E-state index in [0.29, 0.717) is 21.7 Å². The number of carbonyl (C=O) groups excluding carboxylic acids is 2. The van der Waals surface area contributed by atoms with Gasteiger partial charge in [-0.15, -0.1) is 0 Å². The molecule has 0 saturated carbocycles. The highest BCUT2D eigenvalue weighted by atomic mass is 35.5. The van der Waals surface area contributed by atoms with Crippen LogP contribution in [0.5, 0.6) is 0 Å². The van der Waals surface area contributed by atoms with Crippen molar-refractivity contribution in [2.75, 3.05) is 30.4 Å². The van der Waals surface area contributed by atoms with Crippen LogP contribution in [0.15, 0.2) is 6.07 Å². The second-order valence-corrected chi connectivity index (χ2v) is 4.52. The Kier molecular flexibility index (Phi) is 3.58. The number of pyridine rings is 1. The highest BCUT2D eigenvalue weighted by Gasteiger charge is 2.25. The summed E-state index contributed by atoms with van der Waals surface area (Å²) >= 11 is 12.0. The summed E-state index contributed by atoms with van der Waals surface area (Å²) in [6.45, 7) is 0.0620. The molecular formula is C10H10Cl2N4O2. The van der Waals surface area contributed by atoms with Crippen molar-refractivity contribution >= 4 is 46.7 Å². The highest BCUT2D eigenvalue weighted by Crippen LogP contribution is 2.31. The molecule has 1 fully saturated rings. The Labute approximate surface area is 113 Å². The van der Waals surface area contributed by atoms with E-state index in [2.05, 4.69) is 15.6 Å². The van der Waals surface area contributed by atoms with Gasteiger partial charge in [0.2, 0.25) is 11.8 Å². The number of nitrogens with one attached hydrogen (secondary N) is 2. The second-order valence-electron chi connectivity index (χ2n) is 3.70. The van der Waals surface area contributed by atoms with E-state index < -0.39 is 0 Å². The molecular weight excluding hydrogens is 279 g/mol. The van der Waals surface area contributed by atoms with Crippen molar-refractivity contribution < 1.29 is 9.59 Å². The highest BCUT2D eigenvalue weighted by molar-refractivity contribution is 6.37. The first-order chi connectivity index (χ1) is 8.51. The largest absolute Gasteiger partial charge is 0.372 e. The van der Waals surface area contributed by atoms with Crippen LogP contribution in [-0.4, -0.2) is 36.9 Å². The Bertz CT molecular complexity index is 505. The summed E-state index contributed by atoms with van der Waals surface area (Å²) in [5.41, 5.74) is 0. The summed E-state index contributed by atoms with van der Waals surface area (Å²) in [5.74, 6) is 0.0262. The standard InChI is InChI=1S/C10H10Cl2N4O2/c1-13-9-5(11)2-6(12)10(15-9)16-3-7(17)14-8(18)4-16/h2H,3-4H2,1H3,(H,13,15)(H,14,17,18). The van der Waals surface area contributed by atoms with Gasteiger partial charge >= 0.3 is 0 Å². The molecule has 0 aromatic carbocycles. The van der Waals surface area contributed by atoms with Crippen molar-refractivity contribution in [3.8, 4) is 0 Å². The minimum Gasteiger partial charge on any atom is -0.372 e. The van der Waals surface area contributed by atoms with Crippen LogP contribution in [0.3, 0.4) is 0 Å². The number of imide groups is 1. The van der Waals surface area contributed by atoms with Gasteiger partial charge in [0.25, 0.3) is 0 Å². The van der Waals surface area contributed by atoms with E-state index in [1.807, 2.05) is 0 Å². The van der Waals surface area contributed by atoms with Crippen LogP contribution in [0.1, 0.15) is 0 Å². The van der Waals surface area contributed by atoms with Crippen LogP contribution in [0.4, 0.5) is 11.6 Å². The van der Waals surface area contributed by atoms with E-state index in [-0.39, 0.29) is 24.9 Å². The van der Waals surface area contributed by atoms with Crippen LogP contribution in [0.25, 0.3) is 0 Å². The molecule has 0 aliphatic carbocycles. The Morgan fingerprint density at radius 3 is 2.44 bits per heavy atom. The summed E-state index contributed by atoms with van der Waals surface area (Å²) in [6, 6.07) is 1.52. The topological polar surface area (TPSA) is 74.3 Å². The smallest absolute Gasteiger partial charge is 0.246 e. The van der Waals surface area contributed by atoms with E-state index in [4.69, 9.17) is 23.2 Å². The number of nitrogens with zero attached hydrogens (tertiary/aromatic N) is 2. The fourth-order valence-corrected chi connectivity index (χ4v) is 2.21.